The van der Waals surface area contributed by atoms with Crippen LogP contribution in [0.3, 0.4) is 0 Å². The minimum atomic E-state index is -0.131. The molecular weight excluding hydrogens is 306 g/mol. The molecule has 1 fully saturated rings. The molecule has 0 aromatic heterocycles. The third-order valence-corrected chi connectivity index (χ3v) is 4.59. The van der Waals surface area contributed by atoms with E-state index in [-0.39, 0.29) is 6.10 Å². The summed E-state index contributed by atoms with van der Waals surface area (Å²) in [6.07, 6.45) is 4.98. The van der Waals surface area contributed by atoms with Crippen LogP contribution in [0, 0.1) is 0 Å². The highest BCUT2D eigenvalue weighted by molar-refractivity contribution is 9.10. The van der Waals surface area contributed by atoms with E-state index in [2.05, 4.69) is 27.3 Å². The lowest BCUT2D eigenvalue weighted by Crippen LogP contribution is -2.39. The zero-order chi connectivity index (χ0) is 13.2. The first-order valence-corrected chi connectivity index (χ1v) is 7.88. The van der Waals surface area contributed by atoms with Crippen LogP contribution in [0.2, 0.25) is 0 Å². The molecule has 104 valence electrons. The summed E-state index contributed by atoms with van der Waals surface area (Å²) in [6, 6.07) is 6.97. The number of rotatable bonds is 2. The lowest BCUT2D eigenvalue weighted by atomic mass is 9.91. The molecule has 19 heavy (non-hydrogen) atoms. The SMILES string of the molecule is OC1CCCC(NC2CCOc3ccc(Br)cc32)C1. The fourth-order valence-electron chi connectivity index (χ4n) is 3.14. The van der Waals surface area contributed by atoms with E-state index in [0.717, 1.165) is 48.9 Å². The van der Waals surface area contributed by atoms with Crippen LogP contribution in [0.25, 0.3) is 0 Å². The van der Waals surface area contributed by atoms with Gasteiger partial charge in [-0.1, -0.05) is 15.9 Å². The number of hydrogen-bond acceptors (Lipinski definition) is 3. The Balaban J connectivity index is 1.74. The molecule has 1 aliphatic carbocycles. The van der Waals surface area contributed by atoms with Gasteiger partial charge < -0.3 is 15.2 Å². The van der Waals surface area contributed by atoms with Crippen LogP contribution in [0.4, 0.5) is 0 Å². The summed E-state index contributed by atoms with van der Waals surface area (Å²) < 4.78 is 6.80. The smallest absolute Gasteiger partial charge is 0.124 e. The Morgan fingerprint density at radius 1 is 1.26 bits per heavy atom. The van der Waals surface area contributed by atoms with Gasteiger partial charge in [-0.15, -0.1) is 0 Å². The molecule has 1 aliphatic heterocycles. The molecule has 0 bridgehead atoms. The van der Waals surface area contributed by atoms with E-state index in [1.54, 1.807) is 0 Å². The van der Waals surface area contributed by atoms with E-state index in [0.29, 0.717) is 12.1 Å². The Labute approximate surface area is 122 Å². The third-order valence-electron chi connectivity index (χ3n) is 4.09. The molecule has 0 saturated heterocycles. The predicted octanol–water partition coefficient (Wildman–Crippen LogP) is 3.17. The third kappa shape index (κ3) is 3.12. The molecule has 1 aromatic carbocycles. The van der Waals surface area contributed by atoms with E-state index >= 15 is 0 Å². The summed E-state index contributed by atoms with van der Waals surface area (Å²) in [4.78, 5) is 0. The second kappa shape index (κ2) is 5.81. The van der Waals surface area contributed by atoms with Crippen molar-refractivity contribution in [1.29, 1.82) is 0 Å². The molecule has 0 radical (unpaired) electrons. The lowest BCUT2D eigenvalue weighted by molar-refractivity contribution is 0.105. The van der Waals surface area contributed by atoms with Gasteiger partial charge in [0.1, 0.15) is 5.75 Å². The van der Waals surface area contributed by atoms with Crippen LogP contribution in [-0.4, -0.2) is 23.9 Å². The number of benzene rings is 1. The van der Waals surface area contributed by atoms with Crippen LogP contribution in [0.1, 0.15) is 43.7 Å². The number of ether oxygens (including phenoxy) is 1. The van der Waals surface area contributed by atoms with Crippen molar-refractivity contribution in [3.8, 4) is 5.75 Å². The van der Waals surface area contributed by atoms with Gasteiger partial charge in [0, 0.05) is 28.5 Å². The zero-order valence-electron chi connectivity index (χ0n) is 10.9. The van der Waals surface area contributed by atoms with Crippen LogP contribution >= 0.6 is 15.9 Å². The second-order valence-corrected chi connectivity index (χ2v) is 6.47. The number of halogens is 1. The maximum Gasteiger partial charge on any atom is 0.124 e. The van der Waals surface area contributed by atoms with E-state index in [9.17, 15) is 5.11 Å². The highest BCUT2D eigenvalue weighted by atomic mass is 79.9. The van der Waals surface area contributed by atoms with Crippen molar-refractivity contribution in [2.75, 3.05) is 6.61 Å². The average Bonchev–Trinajstić information content (AvgIpc) is 2.39. The van der Waals surface area contributed by atoms with Gasteiger partial charge in [0.25, 0.3) is 0 Å². The van der Waals surface area contributed by atoms with Crippen molar-refractivity contribution in [3.05, 3.63) is 28.2 Å². The van der Waals surface area contributed by atoms with E-state index in [1.807, 2.05) is 12.1 Å². The Bertz CT molecular complexity index is 452. The van der Waals surface area contributed by atoms with Gasteiger partial charge in [0.05, 0.1) is 12.7 Å². The Kier molecular flexibility index (Phi) is 4.10. The first-order chi connectivity index (χ1) is 9.22. The standard InChI is InChI=1S/C15H20BrNO2/c16-10-4-5-15-13(8-10)14(6-7-19-15)17-11-2-1-3-12(18)9-11/h4-5,8,11-12,14,17-18H,1-3,6-7,9H2. The van der Waals surface area contributed by atoms with Crippen LogP contribution < -0.4 is 10.1 Å². The van der Waals surface area contributed by atoms with Gasteiger partial charge in [0.15, 0.2) is 0 Å². The minimum Gasteiger partial charge on any atom is -0.493 e. The molecule has 3 atom stereocenters. The average molecular weight is 326 g/mol. The lowest BCUT2D eigenvalue weighted by Gasteiger charge is -2.33. The van der Waals surface area contributed by atoms with E-state index in [4.69, 9.17) is 4.74 Å². The molecule has 4 heteroatoms. The Hall–Kier alpha value is -0.580. The topological polar surface area (TPSA) is 41.5 Å². The van der Waals surface area contributed by atoms with Gasteiger partial charge in [-0.2, -0.15) is 0 Å². The first-order valence-electron chi connectivity index (χ1n) is 7.09. The zero-order valence-corrected chi connectivity index (χ0v) is 12.5. The maximum absolute atomic E-state index is 9.78. The van der Waals surface area contributed by atoms with Crippen LogP contribution in [0.15, 0.2) is 22.7 Å². The molecule has 3 unspecified atom stereocenters. The maximum atomic E-state index is 9.78. The van der Waals surface area contributed by atoms with Gasteiger partial charge in [-0.3, -0.25) is 0 Å². The van der Waals surface area contributed by atoms with Gasteiger partial charge in [-0.25, -0.2) is 0 Å². The number of fused-ring (bicyclic) bond motifs is 1. The minimum absolute atomic E-state index is 0.131. The van der Waals surface area contributed by atoms with Crippen molar-refractivity contribution in [1.82, 2.24) is 5.32 Å². The quantitative estimate of drug-likeness (QED) is 0.877. The van der Waals surface area contributed by atoms with Crippen LogP contribution in [0.5, 0.6) is 5.75 Å². The highest BCUT2D eigenvalue weighted by Crippen LogP contribution is 2.35. The molecule has 3 rings (SSSR count). The summed E-state index contributed by atoms with van der Waals surface area (Å²) >= 11 is 3.53. The molecule has 1 heterocycles. The molecule has 1 aromatic rings. The fraction of sp³-hybridized carbons (Fsp3) is 0.600. The molecular formula is C15H20BrNO2. The van der Waals surface area contributed by atoms with Gasteiger partial charge in [-0.05, 0) is 43.9 Å². The first kappa shape index (κ1) is 13.4. The molecule has 2 aliphatic rings. The number of hydrogen-bond donors (Lipinski definition) is 2. The van der Waals surface area contributed by atoms with Crippen molar-refractivity contribution in [2.24, 2.45) is 0 Å². The summed E-state index contributed by atoms with van der Waals surface area (Å²) in [6.45, 7) is 0.765. The van der Waals surface area contributed by atoms with Gasteiger partial charge in [0.2, 0.25) is 0 Å². The predicted molar refractivity (Wildman–Crippen MR) is 78.4 cm³/mol. The highest BCUT2D eigenvalue weighted by Gasteiger charge is 2.27. The van der Waals surface area contributed by atoms with E-state index in [1.165, 1.54) is 5.56 Å². The largest absolute Gasteiger partial charge is 0.493 e. The van der Waals surface area contributed by atoms with Crippen molar-refractivity contribution < 1.29 is 9.84 Å². The van der Waals surface area contributed by atoms with Gasteiger partial charge >= 0.3 is 0 Å². The van der Waals surface area contributed by atoms with Crippen molar-refractivity contribution >= 4 is 15.9 Å². The normalized spacial score (nSPS) is 30.5. The number of nitrogens with one attached hydrogen (secondary N) is 1. The van der Waals surface area contributed by atoms with Crippen molar-refractivity contribution in [2.45, 2.75) is 50.3 Å². The molecule has 0 amide bonds. The Morgan fingerprint density at radius 3 is 3.00 bits per heavy atom. The van der Waals surface area contributed by atoms with Crippen molar-refractivity contribution in [3.63, 3.8) is 0 Å². The monoisotopic (exact) mass is 325 g/mol. The summed E-state index contributed by atoms with van der Waals surface area (Å²) in [5.74, 6) is 0.989. The summed E-state index contributed by atoms with van der Waals surface area (Å²) in [7, 11) is 0. The Morgan fingerprint density at radius 2 is 2.16 bits per heavy atom. The molecule has 0 spiro atoms. The van der Waals surface area contributed by atoms with E-state index < -0.39 is 0 Å². The summed E-state index contributed by atoms with van der Waals surface area (Å²) in [5.41, 5.74) is 1.24. The molecule has 2 N–H and O–H groups in total. The molecule has 1 saturated carbocycles. The molecule has 3 nitrogen and oxygen atoms in total. The second-order valence-electron chi connectivity index (χ2n) is 5.56. The van der Waals surface area contributed by atoms with Crippen LogP contribution in [-0.2, 0) is 0 Å². The fourth-order valence-corrected chi connectivity index (χ4v) is 3.52. The number of aliphatic hydroxyl groups excluding tert-OH is 1. The number of aliphatic hydroxyl groups is 1. The summed E-state index contributed by atoms with van der Waals surface area (Å²) in [5, 5.41) is 13.5.